The molecule has 1 heterocycles. The minimum atomic E-state index is -0.343. The first-order chi connectivity index (χ1) is 10.2. The maximum absolute atomic E-state index is 12.1. The molecule has 114 valence electrons. The summed E-state index contributed by atoms with van der Waals surface area (Å²) in [5.41, 5.74) is 1.19. The molecule has 1 N–H and O–H groups in total. The van der Waals surface area contributed by atoms with Crippen molar-refractivity contribution in [2.45, 2.75) is 31.5 Å². The van der Waals surface area contributed by atoms with Crippen LogP contribution < -0.4 is 10.1 Å². The molecule has 1 aromatic rings. The zero-order chi connectivity index (χ0) is 14.7. The summed E-state index contributed by atoms with van der Waals surface area (Å²) in [7, 11) is 1.67. The zero-order valence-corrected chi connectivity index (χ0v) is 12.4. The summed E-state index contributed by atoms with van der Waals surface area (Å²) in [6, 6.07) is 8.43. The largest absolute Gasteiger partial charge is 0.497 e. The number of amides is 1. The molecule has 0 aromatic heterocycles. The first-order valence-electron chi connectivity index (χ1n) is 7.52. The van der Waals surface area contributed by atoms with Crippen LogP contribution in [0.4, 0.5) is 0 Å². The monoisotopic (exact) mass is 290 g/mol. The smallest absolute Gasteiger partial charge is 0.250 e. The van der Waals surface area contributed by atoms with Crippen molar-refractivity contribution >= 4 is 5.91 Å². The fourth-order valence-electron chi connectivity index (χ4n) is 2.56. The number of rotatable bonds is 5. The normalized spacial score (nSPS) is 22.8. The average Bonchev–Trinajstić information content (AvgIpc) is 3.31. The van der Waals surface area contributed by atoms with Crippen molar-refractivity contribution in [3.63, 3.8) is 0 Å². The van der Waals surface area contributed by atoms with Crippen molar-refractivity contribution in [2.24, 2.45) is 0 Å². The fourth-order valence-corrected chi connectivity index (χ4v) is 2.56. The van der Waals surface area contributed by atoms with Gasteiger partial charge in [-0.3, -0.25) is 9.69 Å². The van der Waals surface area contributed by atoms with E-state index in [1.54, 1.807) is 7.11 Å². The lowest BCUT2D eigenvalue weighted by atomic mass is 10.1. The minimum Gasteiger partial charge on any atom is -0.497 e. The number of hydrogen-bond donors (Lipinski definition) is 1. The highest BCUT2D eigenvalue weighted by Crippen LogP contribution is 2.20. The molecule has 1 atom stereocenters. The quantitative estimate of drug-likeness (QED) is 0.884. The Kier molecular flexibility index (Phi) is 4.41. The predicted molar refractivity (Wildman–Crippen MR) is 79.2 cm³/mol. The lowest BCUT2D eigenvalue weighted by molar-refractivity contribution is -0.138. The van der Waals surface area contributed by atoms with Crippen LogP contribution in [0.2, 0.25) is 0 Å². The van der Waals surface area contributed by atoms with Gasteiger partial charge in [0.15, 0.2) is 0 Å². The van der Waals surface area contributed by atoms with E-state index in [2.05, 4.69) is 16.3 Å². The molecule has 1 unspecified atom stereocenters. The van der Waals surface area contributed by atoms with Gasteiger partial charge in [-0.05, 0) is 30.5 Å². The second kappa shape index (κ2) is 6.45. The molecule has 0 spiro atoms. The van der Waals surface area contributed by atoms with E-state index in [-0.39, 0.29) is 12.0 Å². The summed E-state index contributed by atoms with van der Waals surface area (Å²) in [4.78, 5) is 14.3. The summed E-state index contributed by atoms with van der Waals surface area (Å²) in [6.07, 6.45) is 1.86. The molecule has 1 aromatic carbocycles. The van der Waals surface area contributed by atoms with Gasteiger partial charge in [-0.2, -0.15) is 0 Å². The summed E-state index contributed by atoms with van der Waals surface area (Å²) in [5, 5.41) is 3.02. The maximum Gasteiger partial charge on any atom is 0.250 e. The molecule has 1 saturated heterocycles. The van der Waals surface area contributed by atoms with Gasteiger partial charge in [0.05, 0.1) is 13.7 Å². The van der Waals surface area contributed by atoms with E-state index in [4.69, 9.17) is 9.47 Å². The van der Waals surface area contributed by atoms with Gasteiger partial charge in [-0.25, -0.2) is 0 Å². The molecule has 0 bridgehead atoms. The van der Waals surface area contributed by atoms with Crippen molar-refractivity contribution in [1.82, 2.24) is 10.2 Å². The van der Waals surface area contributed by atoms with Crippen LogP contribution in [0.15, 0.2) is 24.3 Å². The van der Waals surface area contributed by atoms with Crippen molar-refractivity contribution < 1.29 is 14.3 Å². The van der Waals surface area contributed by atoms with Gasteiger partial charge in [0, 0.05) is 25.7 Å². The van der Waals surface area contributed by atoms with E-state index in [0.717, 1.165) is 31.7 Å². The molecule has 5 heteroatoms. The highest BCUT2D eigenvalue weighted by Gasteiger charge is 2.31. The number of benzene rings is 1. The van der Waals surface area contributed by atoms with E-state index < -0.39 is 0 Å². The van der Waals surface area contributed by atoms with Gasteiger partial charge in [0.25, 0.3) is 5.91 Å². The molecule has 2 aliphatic rings. The Hall–Kier alpha value is -1.59. The van der Waals surface area contributed by atoms with E-state index in [1.165, 1.54) is 5.56 Å². The second-order valence-corrected chi connectivity index (χ2v) is 5.73. The summed E-state index contributed by atoms with van der Waals surface area (Å²) < 4.78 is 10.8. The van der Waals surface area contributed by atoms with Crippen LogP contribution in [0.3, 0.4) is 0 Å². The number of ether oxygens (including phenoxy) is 2. The van der Waals surface area contributed by atoms with Crippen LogP contribution in [0.1, 0.15) is 18.4 Å². The molecule has 1 saturated carbocycles. The van der Waals surface area contributed by atoms with Crippen LogP contribution >= 0.6 is 0 Å². The number of nitrogens with zero attached hydrogens (tertiary/aromatic N) is 1. The summed E-state index contributed by atoms with van der Waals surface area (Å²) >= 11 is 0. The van der Waals surface area contributed by atoms with E-state index in [0.29, 0.717) is 19.2 Å². The molecular weight excluding hydrogens is 268 g/mol. The standard InChI is InChI=1S/C16H22N2O3/c1-20-14-4-2-3-12(9-14)10-18-7-8-21-15(11-18)16(19)17-13-5-6-13/h2-4,9,13,15H,5-8,10-11H2,1H3,(H,17,19). The lowest BCUT2D eigenvalue weighted by Crippen LogP contribution is -2.49. The van der Waals surface area contributed by atoms with E-state index in [9.17, 15) is 4.79 Å². The maximum atomic E-state index is 12.1. The van der Waals surface area contributed by atoms with E-state index in [1.807, 2.05) is 18.2 Å². The number of hydrogen-bond acceptors (Lipinski definition) is 4. The molecule has 5 nitrogen and oxygen atoms in total. The fraction of sp³-hybridized carbons (Fsp3) is 0.562. The first-order valence-corrected chi connectivity index (χ1v) is 7.52. The van der Waals surface area contributed by atoms with Gasteiger partial charge in [0.2, 0.25) is 0 Å². The van der Waals surface area contributed by atoms with Crippen LogP contribution in [-0.4, -0.2) is 49.8 Å². The Labute approximate surface area is 125 Å². The topological polar surface area (TPSA) is 50.8 Å². The van der Waals surface area contributed by atoms with Crippen LogP contribution in [0.5, 0.6) is 5.75 Å². The molecule has 1 aliphatic heterocycles. The number of morpholine rings is 1. The average molecular weight is 290 g/mol. The van der Waals surface area contributed by atoms with Crippen LogP contribution in [-0.2, 0) is 16.1 Å². The Bertz CT molecular complexity index is 502. The van der Waals surface area contributed by atoms with Gasteiger partial charge in [-0.15, -0.1) is 0 Å². The van der Waals surface area contributed by atoms with E-state index >= 15 is 0 Å². The van der Waals surface area contributed by atoms with Crippen LogP contribution in [0, 0.1) is 0 Å². The van der Waals surface area contributed by atoms with Gasteiger partial charge < -0.3 is 14.8 Å². The predicted octanol–water partition coefficient (Wildman–Crippen LogP) is 1.17. The molecule has 1 aliphatic carbocycles. The van der Waals surface area contributed by atoms with Crippen molar-refractivity contribution in [3.05, 3.63) is 29.8 Å². The summed E-state index contributed by atoms with van der Waals surface area (Å²) in [6.45, 7) is 2.92. The molecule has 1 amide bonds. The van der Waals surface area contributed by atoms with Crippen LogP contribution in [0.25, 0.3) is 0 Å². The SMILES string of the molecule is COc1cccc(CN2CCOC(C(=O)NC3CC3)C2)c1. The highest BCUT2D eigenvalue weighted by molar-refractivity contribution is 5.81. The Balaban J connectivity index is 1.56. The minimum absolute atomic E-state index is 0.0350. The summed E-state index contributed by atoms with van der Waals surface area (Å²) in [5.74, 6) is 0.900. The van der Waals surface area contributed by atoms with Crippen molar-refractivity contribution in [3.8, 4) is 5.75 Å². The molecule has 21 heavy (non-hydrogen) atoms. The second-order valence-electron chi connectivity index (χ2n) is 5.73. The molecule has 3 rings (SSSR count). The van der Waals surface area contributed by atoms with Gasteiger partial charge in [-0.1, -0.05) is 12.1 Å². The Morgan fingerprint density at radius 3 is 3.10 bits per heavy atom. The zero-order valence-electron chi connectivity index (χ0n) is 12.4. The molecule has 0 radical (unpaired) electrons. The van der Waals surface area contributed by atoms with Gasteiger partial charge in [0.1, 0.15) is 11.9 Å². The third kappa shape index (κ3) is 3.95. The van der Waals surface area contributed by atoms with Gasteiger partial charge >= 0.3 is 0 Å². The number of nitrogens with one attached hydrogen (secondary N) is 1. The lowest BCUT2D eigenvalue weighted by Gasteiger charge is -2.32. The highest BCUT2D eigenvalue weighted by atomic mass is 16.5. The molecule has 2 fully saturated rings. The Morgan fingerprint density at radius 2 is 2.33 bits per heavy atom. The number of methoxy groups -OCH3 is 1. The first kappa shape index (κ1) is 14.4. The molecular formula is C16H22N2O3. The Morgan fingerprint density at radius 1 is 1.48 bits per heavy atom. The number of carbonyl (C=O) groups is 1. The van der Waals surface area contributed by atoms with Crippen molar-refractivity contribution in [2.75, 3.05) is 26.8 Å². The third-order valence-electron chi connectivity index (χ3n) is 3.91. The third-order valence-corrected chi connectivity index (χ3v) is 3.91. The van der Waals surface area contributed by atoms with Crippen molar-refractivity contribution in [1.29, 1.82) is 0 Å². The number of carbonyl (C=O) groups excluding carboxylic acids is 1.